The van der Waals surface area contributed by atoms with Crippen LogP contribution in [0.4, 0.5) is 10.1 Å². The van der Waals surface area contributed by atoms with Gasteiger partial charge in [-0.05, 0) is 55.0 Å². The van der Waals surface area contributed by atoms with Crippen molar-refractivity contribution in [2.45, 2.75) is 19.3 Å². The molecule has 0 radical (unpaired) electrons. The average Bonchev–Trinajstić information content (AvgIpc) is 2.62. The standard InChI is InChI=1S/C19H17ClFNO4/c20-14-6-10-16(11-7-14)22-18(24)2-1-3-19(25)26-12-17(23)13-4-8-15(21)9-5-13/h4-11H,1-3,12H2,(H,22,24). The van der Waals surface area contributed by atoms with Gasteiger partial charge in [-0.25, -0.2) is 4.39 Å². The summed E-state index contributed by atoms with van der Waals surface area (Å²) in [5, 5.41) is 3.26. The van der Waals surface area contributed by atoms with Gasteiger partial charge in [-0.15, -0.1) is 0 Å². The monoisotopic (exact) mass is 377 g/mol. The van der Waals surface area contributed by atoms with Gasteiger partial charge in [0.2, 0.25) is 5.91 Å². The summed E-state index contributed by atoms with van der Waals surface area (Å²) in [6.07, 6.45) is 0.456. The van der Waals surface area contributed by atoms with Crippen molar-refractivity contribution in [1.82, 2.24) is 0 Å². The molecule has 2 aromatic carbocycles. The SMILES string of the molecule is O=C(CCCC(=O)OCC(=O)c1ccc(F)cc1)Nc1ccc(Cl)cc1. The fourth-order valence-electron chi connectivity index (χ4n) is 2.09. The molecule has 0 unspecified atom stereocenters. The van der Waals surface area contributed by atoms with Gasteiger partial charge in [0.15, 0.2) is 12.4 Å². The molecule has 0 spiro atoms. The lowest BCUT2D eigenvalue weighted by atomic mass is 10.1. The predicted molar refractivity (Wildman–Crippen MR) is 95.6 cm³/mol. The molecule has 0 saturated carbocycles. The van der Waals surface area contributed by atoms with Crippen molar-refractivity contribution in [2.75, 3.05) is 11.9 Å². The molecule has 0 bridgehead atoms. The Hall–Kier alpha value is -2.73. The highest BCUT2D eigenvalue weighted by Crippen LogP contribution is 2.14. The molecule has 5 nitrogen and oxygen atoms in total. The molecular weight excluding hydrogens is 361 g/mol. The molecule has 0 heterocycles. The van der Waals surface area contributed by atoms with Crippen LogP contribution in [0.25, 0.3) is 0 Å². The van der Waals surface area contributed by atoms with Crippen molar-refractivity contribution in [3.05, 3.63) is 64.9 Å². The number of carbonyl (C=O) groups excluding carboxylic acids is 3. The number of Topliss-reactive ketones (excluding diaryl/α,β-unsaturated/α-hetero) is 1. The second-order valence-corrected chi connectivity index (χ2v) is 5.94. The summed E-state index contributed by atoms with van der Waals surface area (Å²) < 4.78 is 17.7. The highest BCUT2D eigenvalue weighted by molar-refractivity contribution is 6.30. The van der Waals surface area contributed by atoms with Crippen molar-refractivity contribution >= 4 is 34.9 Å². The smallest absolute Gasteiger partial charge is 0.306 e. The summed E-state index contributed by atoms with van der Waals surface area (Å²) in [5.41, 5.74) is 0.883. The van der Waals surface area contributed by atoms with Gasteiger partial charge in [0.25, 0.3) is 0 Å². The van der Waals surface area contributed by atoms with Crippen LogP contribution in [0.2, 0.25) is 5.02 Å². The summed E-state index contributed by atoms with van der Waals surface area (Å²) in [6.45, 7) is -0.415. The molecule has 0 saturated heterocycles. The first-order valence-corrected chi connectivity index (χ1v) is 8.31. The van der Waals surface area contributed by atoms with Crippen LogP contribution >= 0.6 is 11.6 Å². The average molecular weight is 378 g/mol. The quantitative estimate of drug-likeness (QED) is 0.557. The van der Waals surface area contributed by atoms with Crippen LogP contribution in [0, 0.1) is 5.82 Å². The molecule has 136 valence electrons. The molecule has 2 aromatic rings. The lowest BCUT2D eigenvalue weighted by Crippen LogP contribution is -2.15. The third kappa shape index (κ3) is 6.64. The Labute approximate surface area is 155 Å². The van der Waals surface area contributed by atoms with Crippen LogP contribution in [0.15, 0.2) is 48.5 Å². The molecule has 7 heteroatoms. The Morgan fingerprint density at radius 2 is 1.62 bits per heavy atom. The van der Waals surface area contributed by atoms with Crippen molar-refractivity contribution in [3.63, 3.8) is 0 Å². The molecular formula is C19H17ClFNO4. The van der Waals surface area contributed by atoms with E-state index in [0.29, 0.717) is 17.1 Å². The van der Waals surface area contributed by atoms with Crippen LogP contribution in [-0.4, -0.2) is 24.3 Å². The van der Waals surface area contributed by atoms with E-state index in [1.165, 1.54) is 12.1 Å². The van der Waals surface area contributed by atoms with Crippen LogP contribution in [0.5, 0.6) is 0 Å². The van der Waals surface area contributed by atoms with E-state index in [9.17, 15) is 18.8 Å². The van der Waals surface area contributed by atoms with E-state index >= 15 is 0 Å². The number of ketones is 1. The summed E-state index contributed by atoms with van der Waals surface area (Å²) >= 11 is 5.76. The van der Waals surface area contributed by atoms with Crippen LogP contribution in [0.1, 0.15) is 29.6 Å². The van der Waals surface area contributed by atoms with E-state index in [0.717, 1.165) is 12.1 Å². The number of anilines is 1. The molecule has 26 heavy (non-hydrogen) atoms. The van der Waals surface area contributed by atoms with E-state index in [1.807, 2.05) is 0 Å². The minimum Gasteiger partial charge on any atom is -0.457 e. The Bertz CT molecular complexity index is 775. The van der Waals surface area contributed by atoms with Gasteiger partial charge < -0.3 is 10.1 Å². The number of ether oxygens (including phenoxy) is 1. The molecule has 0 aliphatic heterocycles. The van der Waals surface area contributed by atoms with E-state index in [2.05, 4.69) is 5.32 Å². The molecule has 1 amide bonds. The third-order valence-corrected chi connectivity index (χ3v) is 3.70. The zero-order valence-electron chi connectivity index (χ0n) is 13.8. The van der Waals surface area contributed by atoms with Crippen molar-refractivity contribution in [1.29, 1.82) is 0 Å². The Morgan fingerprint density at radius 3 is 2.27 bits per heavy atom. The fourth-order valence-corrected chi connectivity index (χ4v) is 2.21. The van der Waals surface area contributed by atoms with Gasteiger partial charge >= 0.3 is 5.97 Å². The van der Waals surface area contributed by atoms with E-state index in [1.54, 1.807) is 24.3 Å². The van der Waals surface area contributed by atoms with E-state index in [-0.39, 0.29) is 24.3 Å². The van der Waals surface area contributed by atoms with E-state index < -0.39 is 24.2 Å². The minimum absolute atomic E-state index is 0.0186. The highest BCUT2D eigenvalue weighted by atomic mass is 35.5. The number of carbonyl (C=O) groups is 3. The number of rotatable bonds is 8. The first-order valence-electron chi connectivity index (χ1n) is 7.94. The number of benzene rings is 2. The summed E-state index contributed by atoms with van der Waals surface area (Å²) in [6, 6.07) is 11.6. The summed E-state index contributed by atoms with van der Waals surface area (Å²) in [7, 11) is 0. The molecule has 2 rings (SSSR count). The number of esters is 1. The molecule has 1 N–H and O–H groups in total. The Balaban J connectivity index is 1.65. The number of halogens is 2. The molecule has 0 atom stereocenters. The molecule has 0 aromatic heterocycles. The topological polar surface area (TPSA) is 72.5 Å². The van der Waals surface area contributed by atoms with Crippen molar-refractivity contribution in [3.8, 4) is 0 Å². The van der Waals surface area contributed by atoms with E-state index in [4.69, 9.17) is 16.3 Å². The maximum Gasteiger partial charge on any atom is 0.306 e. The minimum atomic E-state index is -0.570. The number of hydrogen-bond donors (Lipinski definition) is 1. The lowest BCUT2D eigenvalue weighted by Gasteiger charge is -2.06. The zero-order chi connectivity index (χ0) is 18.9. The molecule has 0 fully saturated rings. The van der Waals surface area contributed by atoms with Crippen molar-refractivity contribution < 1.29 is 23.5 Å². The van der Waals surface area contributed by atoms with Crippen LogP contribution in [-0.2, 0) is 14.3 Å². The van der Waals surface area contributed by atoms with Gasteiger partial charge in [-0.3, -0.25) is 14.4 Å². The van der Waals surface area contributed by atoms with Gasteiger partial charge in [0.05, 0.1) is 0 Å². The van der Waals surface area contributed by atoms with Gasteiger partial charge in [-0.1, -0.05) is 11.6 Å². The summed E-state index contributed by atoms with van der Waals surface area (Å²) in [4.78, 5) is 35.2. The summed E-state index contributed by atoms with van der Waals surface area (Å²) in [5.74, 6) is -1.67. The van der Waals surface area contributed by atoms with Crippen molar-refractivity contribution in [2.24, 2.45) is 0 Å². The fraction of sp³-hybridized carbons (Fsp3) is 0.211. The first kappa shape index (κ1) is 19.6. The lowest BCUT2D eigenvalue weighted by molar-refractivity contribution is -0.142. The Kier molecular flexibility index (Phi) is 7.29. The van der Waals surface area contributed by atoms with Gasteiger partial charge in [-0.2, -0.15) is 0 Å². The Morgan fingerprint density at radius 1 is 0.962 bits per heavy atom. The molecule has 0 aliphatic carbocycles. The highest BCUT2D eigenvalue weighted by Gasteiger charge is 2.11. The van der Waals surface area contributed by atoms with Gasteiger partial charge in [0, 0.05) is 29.1 Å². The number of nitrogens with one attached hydrogen (secondary N) is 1. The van der Waals surface area contributed by atoms with Crippen LogP contribution in [0.3, 0.4) is 0 Å². The first-order chi connectivity index (χ1) is 12.4. The second-order valence-electron chi connectivity index (χ2n) is 5.50. The largest absolute Gasteiger partial charge is 0.457 e. The van der Waals surface area contributed by atoms with Gasteiger partial charge in [0.1, 0.15) is 5.82 Å². The second kappa shape index (κ2) is 9.68. The maximum atomic E-state index is 12.8. The third-order valence-electron chi connectivity index (χ3n) is 3.44. The number of hydrogen-bond acceptors (Lipinski definition) is 4. The molecule has 0 aliphatic rings. The maximum absolute atomic E-state index is 12.8. The predicted octanol–water partition coefficient (Wildman–Crippen LogP) is 4.01. The zero-order valence-corrected chi connectivity index (χ0v) is 14.6. The number of amides is 1. The van der Waals surface area contributed by atoms with Crippen LogP contribution < -0.4 is 5.32 Å². The normalized spacial score (nSPS) is 10.2.